The molecule has 0 amide bonds. The Kier molecular flexibility index (Phi) is 4.39. The number of hydrogen-bond acceptors (Lipinski definition) is 5. The molecule has 104 valence electrons. The first-order chi connectivity index (χ1) is 9.10. The van der Waals surface area contributed by atoms with Gasteiger partial charge in [-0.05, 0) is 31.5 Å². The van der Waals surface area contributed by atoms with Crippen molar-refractivity contribution in [1.82, 2.24) is 4.90 Å². The van der Waals surface area contributed by atoms with Crippen molar-refractivity contribution in [3.05, 3.63) is 23.8 Å². The number of rotatable bonds is 4. The van der Waals surface area contributed by atoms with Crippen molar-refractivity contribution in [2.24, 2.45) is 0 Å². The van der Waals surface area contributed by atoms with Crippen LogP contribution < -0.4 is 0 Å². The molecule has 1 aromatic carbocycles. The lowest BCUT2D eigenvalue weighted by Gasteiger charge is -2.31. The number of likely N-dealkylation sites (tertiary alicyclic amines) is 1. The second-order valence-electron chi connectivity index (χ2n) is 4.86. The fraction of sp³-hybridized carbons (Fsp3) is 0.500. The largest absolute Gasteiger partial charge is 0.508 e. The number of hydrogen-bond donors (Lipinski definition) is 2. The summed E-state index contributed by atoms with van der Waals surface area (Å²) >= 11 is 0. The maximum atomic E-state index is 12.1. The van der Waals surface area contributed by atoms with Crippen molar-refractivity contribution in [3.63, 3.8) is 0 Å². The van der Waals surface area contributed by atoms with Crippen molar-refractivity contribution in [3.8, 4) is 11.5 Å². The lowest BCUT2D eigenvalue weighted by molar-refractivity contribution is 0.0314. The Balaban J connectivity index is 2.00. The average molecular weight is 265 g/mol. The van der Waals surface area contributed by atoms with Crippen molar-refractivity contribution in [2.75, 3.05) is 26.7 Å². The van der Waals surface area contributed by atoms with E-state index < -0.39 is 0 Å². The molecule has 1 atom stereocenters. The van der Waals surface area contributed by atoms with E-state index >= 15 is 0 Å². The van der Waals surface area contributed by atoms with E-state index in [1.807, 2.05) is 4.90 Å². The zero-order chi connectivity index (χ0) is 13.8. The van der Waals surface area contributed by atoms with Crippen LogP contribution in [0, 0.1) is 0 Å². The summed E-state index contributed by atoms with van der Waals surface area (Å²) in [5.74, 6) is -0.369. The monoisotopic (exact) mass is 265 g/mol. The number of piperidine rings is 1. The number of nitrogens with zero attached hydrogens (tertiary/aromatic N) is 1. The van der Waals surface area contributed by atoms with Crippen LogP contribution in [0.3, 0.4) is 0 Å². The Morgan fingerprint density at radius 1 is 1.47 bits per heavy atom. The maximum absolute atomic E-state index is 12.1. The van der Waals surface area contributed by atoms with Gasteiger partial charge in [0, 0.05) is 19.7 Å². The zero-order valence-corrected chi connectivity index (χ0v) is 11.0. The van der Waals surface area contributed by atoms with E-state index in [-0.39, 0.29) is 35.5 Å². The SMILES string of the molecule is COC1CCCN(CC(=O)c2ccc(O)cc2O)C1. The van der Waals surface area contributed by atoms with Gasteiger partial charge in [-0.2, -0.15) is 0 Å². The first kappa shape index (κ1) is 13.8. The van der Waals surface area contributed by atoms with Gasteiger partial charge in [0.05, 0.1) is 18.2 Å². The third-order valence-electron chi connectivity index (χ3n) is 3.44. The van der Waals surface area contributed by atoms with Crippen LogP contribution >= 0.6 is 0 Å². The average Bonchev–Trinajstić information content (AvgIpc) is 2.38. The van der Waals surface area contributed by atoms with Crippen molar-refractivity contribution in [1.29, 1.82) is 0 Å². The number of carbonyl (C=O) groups is 1. The van der Waals surface area contributed by atoms with Gasteiger partial charge in [0.15, 0.2) is 5.78 Å². The predicted molar refractivity (Wildman–Crippen MR) is 70.6 cm³/mol. The Bertz CT molecular complexity index is 461. The number of aromatic hydroxyl groups is 2. The van der Waals surface area contributed by atoms with Gasteiger partial charge in [0.2, 0.25) is 0 Å². The summed E-state index contributed by atoms with van der Waals surface area (Å²) < 4.78 is 5.31. The van der Waals surface area contributed by atoms with Gasteiger partial charge in [-0.15, -0.1) is 0 Å². The number of ketones is 1. The molecule has 0 bridgehead atoms. The van der Waals surface area contributed by atoms with E-state index in [9.17, 15) is 15.0 Å². The summed E-state index contributed by atoms with van der Waals surface area (Å²) in [6, 6.07) is 4.03. The summed E-state index contributed by atoms with van der Waals surface area (Å²) in [5, 5.41) is 18.9. The standard InChI is InChI=1S/C14H19NO4/c1-19-11-3-2-6-15(8-11)9-14(18)12-5-4-10(16)7-13(12)17/h4-5,7,11,16-17H,2-3,6,8-9H2,1H3. The molecular weight excluding hydrogens is 246 g/mol. The van der Waals surface area contributed by atoms with Gasteiger partial charge in [-0.3, -0.25) is 9.69 Å². The van der Waals surface area contributed by atoms with E-state index in [4.69, 9.17) is 4.74 Å². The topological polar surface area (TPSA) is 70.0 Å². The summed E-state index contributed by atoms with van der Waals surface area (Å²) in [6.45, 7) is 1.86. The fourth-order valence-corrected chi connectivity index (χ4v) is 2.39. The summed E-state index contributed by atoms with van der Waals surface area (Å²) in [6.07, 6.45) is 2.20. The highest BCUT2D eigenvalue weighted by Gasteiger charge is 2.22. The number of methoxy groups -OCH3 is 1. The molecule has 1 heterocycles. The molecule has 1 aromatic rings. The molecule has 2 rings (SSSR count). The quantitative estimate of drug-likeness (QED) is 0.805. The van der Waals surface area contributed by atoms with Crippen LogP contribution in [0.15, 0.2) is 18.2 Å². The Labute approximate surface area is 112 Å². The van der Waals surface area contributed by atoms with Crippen molar-refractivity contribution >= 4 is 5.78 Å². The minimum absolute atomic E-state index is 0.0496. The number of phenolic OH excluding ortho intramolecular Hbond substituents is 2. The molecule has 19 heavy (non-hydrogen) atoms. The lowest BCUT2D eigenvalue weighted by Crippen LogP contribution is -2.41. The first-order valence-corrected chi connectivity index (χ1v) is 6.40. The van der Waals surface area contributed by atoms with Crippen molar-refractivity contribution in [2.45, 2.75) is 18.9 Å². The molecule has 0 radical (unpaired) electrons. The van der Waals surface area contributed by atoms with Crippen LogP contribution in [0.25, 0.3) is 0 Å². The molecule has 1 aliphatic heterocycles. The van der Waals surface area contributed by atoms with E-state index in [1.165, 1.54) is 18.2 Å². The second-order valence-corrected chi connectivity index (χ2v) is 4.86. The molecule has 0 aliphatic carbocycles. The van der Waals surface area contributed by atoms with Gasteiger partial charge in [-0.1, -0.05) is 0 Å². The maximum Gasteiger partial charge on any atom is 0.180 e. The Morgan fingerprint density at radius 3 is 2.95 bits per heavy atom. The number of phenols is 2. The van der Waals surface area contributed by atoms with Gasteiger partial charge < -0.3 is 14.9 Å². The molecule has 0 spiro atoms. The molecule has 1 saturated heterocycles. The van der Waals surface area contributed by atoms with Crippen LogP contribution in [0.5, 0.6) is 11.5 Å². The third kappa shape index (κ3) is 3.45. The normalized spacial score (nSPS) is 20.4. The summed E-state index contributed by atoms with van der Waals surface area (Å²) in [4.78, 5) is 14.1. The number of Topliss-reactive ketones (excluding diaryl/α,β-unsaturated/α-hetero) is 1. The molecule has 5 nitrogen and oxygen atoms in total. The molecule has 1 aliphatic rings. The lowest BCUT2D eigenvalue weighted by atomic mass is 10.1. The first-order valence-electron chi connectivity index (χ1n) is 6.40. The van der Waals surface area contributed by atoms with E-state index in [1.54, 1.807) is 7.11 Å². The van der Waals surface area contributed by atoms with Crippen LogP contribution in [0.4, 0.5) is 0 Å². The van der Waals surface area contributed by atoms with Gasteiger partial charge in [0.25, 0.3) is 0 Å². The fourth-order valence-electron chi connectivity index (χ4n) is 2.39. The van der Waals surface area contributed by atoms with E-state index in [0.717, 1.165) is 25.9 Å². The third-order valence-corrected chi connectivity index (χ3v) is 3.44. The van der Waals surface area contributed by atoms with Crippen LogP contribution in [-0.4, -0.2) is 53.7 Å². The highest BCUT2D eigenvalue weighted by molar-refractivity contribution is 6.00. The second kappa shape index (κ2) is 6.04. The number of ether oxygens (including phenoxy) is 1. The predicted octanol–water partition coefficient (Wildman–Crippen LogP) is 1.39. The van der Waals surface area contributed by atoms with Gasteiger partial charge in [0.1, 0.15) is 11.5 Å². The molecular formula is C14H19NO4. The molecule has 1 fully saturated rings. The molecule has 0 aromatic heterocycles. The van der Waals surface area contributed by atoms with E-state index in [2.05, 4.69) is 0 Å². The minimum atomic E-state index is -0.176. The molecule has 5 heteroatoms. The summed E-state index contributed by atoms with van der Waals surface area (Å²) in [5.41, 5.74) is 0.248. The Hall–Kier alpha value is -1.59. The van der Waals surface area contributed by atoms with Crippen molar-refractivity contribution < 1.29 is 19.7 Å². The highest BCUT2D eigenvalue weighted by atomic mass is 16.5. The van der Waals surface area contributed by atoms with Crippen LogP contribution in [0.1, 0.15) is 23.2 Å². The van der Waals surface area contributed by atoms with E-state index in [0.29, 0.717) is 0 Å². The molecule has 2 N–H and O–H groups in total. The minimum Gasteiger partial charge on any atom is -0.508 e. The summed E-state index contributed by atoms with van der Waals surface area (Å²) in [7, 11) is 1.68. The Morgan fingerprint density at radius 2 is 2.26 bits per heavy atom. The van der Waals surface area contributed by atoms with Gasteiger partial charge >= 0.3 is 0 Å². The zero-order valence-electron chi connectivity index (χ0n) is 11.0. The molecule has 0 saturated carbocycles. The van der Waals surface area contributed by atoms with Crippen LogP contribution in [-0.2, 0) is 4.74 Å². The van der Waals surface area contributed by atoms with Gasteiger partial charge in [-0.25, -0.2) is 0 Å². The highest BCUT2D eigenvalue weighted by Crippen LogP contribution is 2.23. The number of benzene rings is 1. The molecule has 1 unspecified atom stereocenters. The number of carbonyl (C=O) groups excluding carboxylic acids is 1. The van der Waals surface area contributed by atoms with Crippen LogP contribution in [0.2, 0.25) is 0 Å². The smallest absolute Gasteiger partial charge is 0.180 e.